The van der Waals surface area contributed by atoms with Gasteiger partial charge in [-0.05, 0) is 55.2 Å². The lowest BCUT2D eigenvalue weighted by molar-refractivity contribution is -0.117. The molecule has 0 saturated carbocycles. The van der Waals surface area contributed by atoms with Crippen molar-refractivity contribution in [1.29, 1.82) is 0 Å². The molecule has 0 bridgehead atoms. The minimum absolute atomic E-state index is 0.0643. The molecule has 2 fully saturated rings. The fourth-order valence-corrected chi connectivity index (χ4v) is 5.84. The van der Waals surface area contributed by atoms with Crippen molar-refractivity contribution in [2.45, 2.75) is 49.1 Å². The number of hydrogen-bond donors (Lipinski definition) is 3. The highest BCUT2D eigenvalue weighted by atomic mass is 35.5. The third kappa shape index (κ3) is 5.10. The molecule has 0 aromatic heterocycles. The highest BCUT2D eigenvalue weighted by Gasteiger charge is 2.31. The topological polar surface area (TPSA) is 90.5 Å². The van der Waals surface area contributed by atoms with E-state index in [0.717, 1.165) is 31.2 Å². The summed E-state index contributed by atoms with van der Waals surface area (Å²) in [5.74, 6) is -0.190. The van der Waals surface area contributed by atoms with Gasteiger partial charge in [0.15, 0.2) is 0 Å². The van der Waals surface area contributed by atoms with Gasteiger partial charge in [0, 0.05) is 29.8 Å². The Labute approximate surface area is 188 Å². The van der Waals surface area contributed by atoms with E-state index in [1.165, 1.54) is 0 Å². The molecule has 7 nitrogen and oxygen atoms in total. The molecule has 166 valence electrons. The average molecular weight is 463 g/mol. The highest BCUT2D eigenvalue weighted by molar-refractivity contribution is 7.89. The number of carbonyl (C=O) groups excluding carboxylic acids is 1. The predicted octanol–water partition coefficient (Wildman–Crippen LogP) is 3.45. The Hall–Kier alpha value is -1.97. The van der Waals surface area contributed by atoms with Crippen LogP contribution in [0.1, 0.15) is 43.7 Å². The Balaban J connectivity index is 1.38. The molecule has 4 rings (SSSR count). The first-order chi connectivity index (χ1) is 14.9. The zero-order valence-electron chi connectivity index (χ0n) is 17.2. The first-order valence-electron chi connectivity index (χ1n) is 10.6. The average Bonchev–Trinajstić information content (AvgIpc) is 3.08. The van der Waals surface area contributed by atoms with Gasteiger partial charge < -0.3 is 5.32 Å². The molecular formula is C22H27ClN4O3S. The molecule has 2 aliphatic rings. The monoisotopic (exact) mass is 462 g/mol. The van der Waals surface area contributed by atoms with Gasteiger partial charge in [-0.25, -0.2) is 19.3 Å². The first-order valence-corrected chi connectivity index (χ1v) is 12.4. The van der Waals surface area contributed by atoms with Gasteiger partial charge in [0.25, 0.3) is 0 Å². The van der Waals surface area contributed by atoms with Gasteiger partial charge in [0.2, 0.25) is 15.9 Å². The fraction of sp³-hybridized carbons (Fsp3) is 0.409. The van der Waals surface area contributed by atoms with Crippen LogP contribution < -0.4 is 16.2 Å². The summed E-state index contributed by atoms with van der Waals surface area (Å²) in [7, 11) is -3.50. The summed E-state index contributed by atoms with van der Waals surface area (Å²) in [6, 6.07) is 13.4. The van der Waals surface area contributed by atoms with Crippen molar-refractivity contribution in [3.63, 3.8) is 0 Å². The summed E-state index contributed by atoms with van der Waals surface area (Å²) in [5.41, 5.74) is 7.63. The number of nitrogens with zero attached hydrogens (tertiary/aromatic N) is 1. The number of nitrogens with one attached hydrogen (secondary N) is 3. The van der Waals surface area contributed by atoms with Crippen LogP contribution >= 0.6 is 11.6 Å². The van der Waals surface area contributed by atoms with E-state index in [4.69, 9.17) is 11.6 Å². The van der Waals surface area contributed by atoms with Crippen molar-refractivity contribution in [2.24, 2.45) is 0 Å². The zero-order valence-corrected chi connectivity index (χ0v) is 18.8. The lowest BCUT2D eigenvalue weighted by atomic mass is 10.0. The van der Waals surface area contributed by atoms with Gasteiger partial charge in [-0.15, -0.1) is 0 Å². The van der Waals surface area contributed by atoms with Gasteiger partial charge in [-0.3, -0.25) is 4.79 Å². The van der Waals surface area contributed by atoms with E-state index in [9.17, 15) is 13.2 Å². The Bertz CT molecular complexity index is 1020. The summed E-state index contributed by atoms with van der Waals surface area (Å²) >= 11 is 6.26. The number of amides is 1. The molecule has 2 saturated heterocycles. The second-order valence-corrected chi connectivity index (χ2v) is 10.3. The molecule has 2 unspecified atom stereocenters. The Kier molecular flexibility index (Phi) is 6.93. The number of benzene rings is 2. The standard InChI is InChI=1S/C22H27ClN4O3S/c23-19-8-4-3-7-18(19)20-15-21(26-25-20)22(28)24-16-9-11-17(12-10-16)31(29,30)27-13-5-1-2-6-14-27/h3-4,7-12,20-21,25-26H,1-2,5-6,13-15H2,(H,24,28). The van der Waals surface area contributed by atoms with Crippen molar-refractivity contribution in [2.75, 3.05) is 18.4 Å². The van der Waals surface area contributed by atoms with Gasteiger partial charge in [0.05, 0.1) is 4.90 Å². The van der Waals surface area contributed by atoms with Gasteiger partial charge in [0.1, 0.15) is 6.04 Å². The van der Waals surface area contributed by atoms with Crippen molar-refractivity contribution < 1.29 is 13.2 Å². The van der Waals surface area contributed by atoms with Gasteiger partial charge >= 0.3 is 0 Å². The summed E-state index contributed by atoms with van der Waals surface area (Å²) in [5, 5.41) is 3.51. The quantitative estimate of drug-likeness (QED) is 0.633. The van der Waals surface area contributed by atoms with E-state index in [2.05, 4.69) is 16.2 Å². The number of anilines is 1. The van der Waals surface area contributed by atoms with Crippen molar-refractivity contribution in [3.8, 4) is 0 Å². The van der Waals surface area contributed by atoms with Crippen LogP contribution in [-0.4, -0.2) is 37.8 Å². The van der Waals surface area contributed by atoms with E-state index in [-0.39, 0.29) is 16.8 Å². The largest absolute Gasteiger partial charge is 0.325 e. The van der Waals surface area contributed by atoms with E-state index >= 15 is 0 Å². The molecule has 0 radical (unpaired) electrons. The van der Waals surface area contributed by atoms with Crippen molar-refractivity contribution >= 4 is 33.2 Å². The van der Waals surface area contributed by atoms with Crippen LogP contribution in [0.3, 0.4) is 0 Å². The second-order valence-electron chi connectivity index (χ2n) is 7.98. The van der Waals surface area contributed by atoms with Crippen molar-refractivity contribution in [1.82, 2.24) is 15.2 Å². The van der Waals surface area contributed by atoms with Crippen LogP contribution in [0.5, 0.6) is 0 Å². The Morgan fingerprint density at radius 2 is 1.65 bits per heavy atom. The number of rotatable bonds is 5. The maximum absolute atomic E-state index is 12.9. The van der Waals surface area contributed by atoms with Crippen LogP contribution in [-0.2, 0) is 14.8 Å². The Morgan fingerprint density at radius 3 is 2.32 bits per heavy atom. The molecule has 2 aromatic carbocycles. The molecular weight excluding hydrogens is 436 g/mol. The molecule has 0 aliphatic carbocycles. The number of hydrogen-bond acceptors (Lipinski definition) is 5. The van der Waals surface area contributed by atoms with Gasteiger partial charge in [-0.2, -0.15) is 4.31 Å². The molecule has 3 N–H and O–H groups in total. The summed E-state index contributed by atoms with van der Waals surface area (Å²) in [6.07, 6.45) is 4.48. The van der Waals surface area contributed by atoms with E-state index in [0.29, 0.717) is 30.2 Å². The number of sulfonamides is 1. The second kappa shape index (κ2) is 9.67. The normalized spacial score (nSPS) is 22.7. The molecule has 2 atom stereocenters. The molecule has 31 heavy (non-hydrogen) atoms. The minimum Gasteiger partial charge on any atom is -0.325 e. The zero-order chi connectivity index (χ0) is 21.8. The number of carbonyl (C=O) groups is 1. The minimum atomic E-state index is -3.50. The maximum atomic E-state index is 12.9. The van der Waals surface area contributed by atoms with Crippen LogP contribution in [0.25, 0.3) is 0 Å². The molecule has 2 aromatic rings. The SMILES string of the molecule is O=C(Nc1ccc(S(=O)(=O)N2CCCCCC2)cc1)C1CC(c2ccccc2Cl)NN1. The lowest BCUT2D eigenvalue weighted by Gasteiger charge is -2.20. The lowest BCUT2D eigenvalue weighted by Crippen LogP contribution is -2.39. The van der Waals surface area contributed by atoms with Crippen LogP contribution in [0.15, 0.2) is 53.4 Å². The smallest absolute Gasteiger partial charge is 0.243 e. The first kappa shape index (κ1) is 22.2. The van der Waals surface area contributed by atoms with Crippen LogP contribution in [0.2, 0.25) is 5.02 Å². The third-order valence-electron chi connectivity index (χ3n) is 5.82. The summed E-state index contributed by atoms with van der Waals surface area (Å²) in [4.78, 5) is 12.9. The van der Waals surface area contributed by atoms with E-state index in [1.54, 1.807) is 28.6 Å². The maximum Gasteiger partial charge on any atom is 0.243 e. The molecule has 2 heterocycles. The van der Waals surface area contributed by atoms with Gasteiger partial charge in [-0.1, -0.05) is 42.6 Å². The molecule has 9 heteroatoms. The summed E-state index contributed by atoms with van der Waals surface area (Å²) in [6.45, 7) is 1.13. The van der Waals surface area contributed by atoms with Crippen molar-refractivity contribution in [3.05, 3.63) is 59.1 Å². The van der Waals surface area contributed by atoms with E-state index in [1.807, 2.05) is 24.3 Å². The third-order valence-corrected chi connectivity index (χ3v) is 8.08. The highest BCUT2D eigenvalue weighted by Crippen LogP contribution is 2.29. The number of halogens is 1. The molecule has 2 aliphatic heterocycles. The molecule has 1 amide bonds. The Morgan fingerprint density at radius 1 is 0.968 bits per heavy atom. The van der Waals surface area contributed by atoms with Crippen LogP contribution in [0.4, 0.5) is 5.69 Å². The number of hydrazine groups is 1. The summed E-state index contributed by atoms with van der Waals surface area (Å²) < 4.78 is 27.3. The predicted molar refractivity (Wildman–Crippen MR) is 121 cm³/mol. The molecule has 0 spiro atoms. The fourth-order valence-electron chi connectivity index (χ4n) is 4.06. The van der Waals surface area contributed by atoms with Crippen LogP contribution in [0, 0.1) is 0 Å². The van der Waals surface area contributed by atoms with E-state index < -0.39 is 16.1 Å².